The molecule has 0 heterocycles. The molecule has 7 heteroatoms. The first-order chi connectivity index (χ1) is 7.49. The zero-order chi connectivity index (χ0) is 12.7. The normalized spacial score (nSPS) is 8.38. The van der Waals surface area contributed by atoms with Crippen LogP contribution in [0.25, 0.3) is 0 Å². The predicted molar refractivity (Wildman–Crippen MR) is 43.1 cm³/mol. The number of hydrogen-bond donors (Lipinski definition) is 1. The lowest BCUT2D eigenvalue weighted by atomic mass is 10.1. The Hall–Kier alpha value is -2.28. The molecular weight excluding hydrogens is 228 g/mol. The van der Waals surface area contributed by atoms with Gasteiger partial charge in [-0.15, -0.1) is 0 Å². The highest BCUT2D eigenvalue weighted by molar-refractivity contribution is 5.24. The van der Waals surface area contributed by atoms with Crippen molar-refractivity contribution in [3.8, 4) is 12.3 Å². The average Bonchev–Trinajstić information content (AvgIpc) is 2.23. The van der Waals surface area contributed by atoms with E-state index in [1.807, 2.05) is 0 Å². The van der Waals surface area contributed by atoms with E-state index >= 15 is 0 Å². The quantitative estimate of drug-likeness (QED) is 0.458. The molecule has 0 bridgehead atoms. The highest BCUT2D eigenvalue weighted by atomic mass is 19.2. The highest BCUT2D eigenvalue weighted by Crippen LogP contribution is 2.19. The minimum absolute atomic E-state index is 0.103. The van der Waals surface area contributed by atoms with E-state index in [4.69, 9.17) is 15.6 Å². The summed E-state index contributed by atoms with van der Waals surface area (Å²) < 4.78 is 50.3. The Morgan fingerprint density at radius 2 is 1.44 bits per heavy atom. The molecule has 0 saturated heterocycles. The standard InChI is InChI=1S/C8H3F4N.CHNO/c9-5-3-6(10)8(12)4(1-2-13)7(5)11;2-1-3/h3H,1H2;3H. The Labute approximate surface area is 87.8 Å². The third kappa shape index (κ3) is 3.14. The van der Waals surface area contributed by atoms with Crippen molar-refractivity contribution in [2.75, 3.05) is 0 Å². The van der Waals surface area contributed by atoms with Gasteiger partial charge in [0.1, 0.15) is 0 Å². The highest BCUT2D eigenvalue weighted by Gasteiger charge is 2.18. The monoisotopic (exact) mass is 232 g/mol. The second-order valence-electron chi connectivity index (χ2n) is 2.38. The Morgan fingerprint density at radius 3 is 1.75 bits per heavy atom. The molecular formula is C9H4F4N2O. The van der Waals surface area contributed by atoms with E-state index in [-0.39, 0.29) is 6.07 Å². The predicted octanol–water partition coefficient (Wildman–Crippen LogP) is 2.15. The van der Waals surface area contributed by atoms with Crippen molar-refractivity contribution >= 4 is 0 Å². The number of rotatable bonds is 1. The minimum Gasteiger partial charge on any atom is -0.443 e. The lowest BCUT2D eigenvalue weighted by molar-refractivity contribution is 0.442. The summed E-state index contributed by atoms with van der Waals surface area (Å²) in [5, 5.41) is 21.9. The number of nitriles is 2. The van der Waals surface area contributed by atoms with Crippen LogP contribution in [0.1, 0.15) is 5.56 Å². The molecule has 16 heavy (non-hydrogen) atoms. The van der Waals surface area contributed by atoms with Gasteiger partial charge in [0.15, 0.2) is 23.3 Å². The Bertz CT molecular complexity index is 436. The fourth-order valence-electron chi connectivity index (χ4n) is 0.857. The van der Waals surface area contributed by atoms with Gasteiger partial charge < -0.3 is 5.11 Å². The maximum atomic E-state index is 12.7. The van der Waals surface area contributed by atoms with Gasteiger partial charge in [-0.3, -0.25) is 0 Å². The third-order valence-corrected chi connectivity index (χ3v) is 1.46. The SMILES string of the molecule is N#CCc1c(F)c(F)cc(F)c1F.N#CO. The van der Waals surface area contributed by atoms with E-state index in [9.17, 15) is 17.6 Å². The van der Waals surface area contributed by atoms with Crippen molar-refractivity contribution < 1.29 is 22.7 Å². The second-order valence-corrected chi connectivity index (χ2v) is 2.38. The summed E-state index contributed by atoms with van der Waals surface area (Å²) in [5.74, 6) is -6.02. The molecule has 0 unspecified atom stereocenters. The molecule has 0 aliphatic carbocycles. The van der Waals surface area contributed by atoms with E-state index < -0.39 is 35.3 Å². The van der Waals surface area contributed by atoms with Gasteiger partial charge in [-0.25, -0.2) is 17.6 Å². The van der Waals surface area contributed by atoms with Gasteiger partial charge in [-0.05, 0) is 0 Å². The summed E-state index contributed by atoms with van der Waals surface area (Å²) >= 11 is 0. The van der Waals surface area contributed by atoms with Crippen LogP contribution in [-0.4, -0.2) is 5.11 Å². The first kappa shape index (κ1) is 13.7. The molecule has 1 rings (SSSR count). The fraction of sp³-hybridized carbons (Fsp3) is 0.111. The molecule has 1 aromatic rings. The lowest BCUT2D eigenvalue weighted by Gasteiger charge is -2.01. The third-order valence-electron chi connectivity index (χ3n) is 1.46. The Morgan fingerprint density at radius 1 is 1.06 bits per heavy atom. The van der Waals surface area contributed by atoms with Gasteiger partial charge in [0.05, 0.1) is 12.5 Å². The number of halogens is 4. The first-order valence-corrected chi connectivity index (χ1v) is 3.71. The molecule has 0 saturated carbocycles. The zero-order valence-electron chi connectivity index (χ0n) is 7.64. The lowest BCUT2D eigenvalue weighted by Crippen LogP contribution is -2.01. The van der Waals surface area contributed by atoms with Crippen LogP contribution in [0.15, 0.2) is 6.07 Å². The van der Waals surface area contributed by atoms with Gasteiger partial charge in [-0.1, -0.05) is 0 Å². The van der Waals surface area contributed by atoms with E-state index in [2.05, 4.69) is 0 Å². The number of nitrogens with zero attached hydrogens (tertiary/aromatic N) is 2. The van der Waals surface area contributed by atoms with Crippen LogP contribution >= 0.6 is 0 Å². The summed E-state index contributed by atoms with van der Waals surface area (Å²) in [6, 6.07) is 1.51. The molecule has 0 atom stereocenters. The molecule has 84 valence electrons. The molecule has 3 nitrogen and oxygen atoms in total. The summed E-state index contributed by atoms with van der Waals surface area (Å²) in [6.07, 6.45) is 0.0480. The van der Waals surface area contributed by atoms with Crippen LogP contribution in [0.4, 0.5) is 17.6 Å². The summed E-state index contributed by atoms with van der Waals surface area (Å²) in [5.41, 5.74) is -0.875. The molecule has 0 aliphatic heterocycles. The maximum absolute atomic E-state index is 12.7. The van der Waals surface area contributed by atoms with E-state index in [1.165, 1.54) is 6.07 Å². The summed E-state index contributed by atoms with van der Waals surface area (Å²) in [4.78, 5) is 0. The largest absolute Gasteiger partial charge is 0.443 e. The summed E-state index contributed by atoms with van der Waals surface area (Å²) in [6.45, 7) is 0. The number of aliphatic hydroxyl groups excluding tert-OH is 1. The smallest absolute Gasteiger partial charge is 0.283 e. The van der Waals surface area contributed by atoms with Crippen LogP contribution in [0.5, 0.6) is 0 Å². The van der Waals surface area contributed by atoms with Crippen molar-refractivity contribution in [1.82, 2.24) is 0 Å². The van der Waals surface area contributed by atoms with Crippen molar-refractivity contribution in [1.29, 1.82) is 10.5 Å². The van der Waals surface area contributed by atoms with Crippen molar-refractivity contribution in [2.24, 2.45) is 0 Å². The van der Waals surface area contributed by atoms with E-state index in [0.29, 0.717) is 0 Å². The molecule has 0 radical (unpaired) electrons. The second kappa shape index (κ2) is 6.25. The van der Waals surface area contributed by atoms with Gasteiger partial charge >= 0.3 is 0 Å². The van der Waals surface area contributed by atoms with Gasteiger partial charge in [0, 0.05) is 11.6 Å². The molecule has 1 aromatic carbocycles. The molecule has 0 aliphatic rings. The minimum atomic E-state index is -1.51. The van der Waals surface area contributed by atoms with Gasteiger partial charge in [0.25, 0.3) is 6.26 Å². The van der Waals surface area contributed by atoms with Crippen LogP contribution in [-0.2, 0) is 6.42 Å². The van der Waals surface area contributed by atoms with Gasteiger partial charge in [0.2, 0.25) is 0 Å². The van der Waals surface area contributed by atoms with Crippen molar-refractivity contribution in [3.63, 3.8) is 0 Å². The molecule has 1 N–H and O–H groups in total. The van der Waals surface area contributed by atoms with Crippen molar-refractivity contribution in [2.45, 2.75) is 6.42 Å². The molecule has 0 aromatic heterocycles. The van der Waals surface area contributed by atoms with Crippen LogP contribution in [0, 0.1) is 46.1 Å². The van der Waals surface area contributed by atoms with Gasteiger partial charge in [-0.2, -0.15) is 10.5 Å². The van der Waals surface area contributed by atoms with Crippen LogP contribution < -0.4 is 0 Å². The summed E-state index contributed by atoms with van der Waals surface area (Å²) in [7, 11) is 0. The van der Waals surface area contributed by atoms with E-state index in [1.54, 1.807) is 0 Å². The number of aliphatic hydroxyl groups is 1. The first-order valence-electron chi connectivity index (χ1n) is 3.71. The average molecular weight is 232 g/mol. The molecule has 0 amide bonds. The Balaban J connectivity index is 0.000000673. The molecule has 0 fully saturated rings. The number of hydrogen-bond acceptors (Lipinski definition) is 3. The molecule has 0 spiro atoms. The van der Waals surface area contributed by atoms with Crippen LogP contribution in [0.3, 0.4) is 0 Å². The maximum Gasteiger partial charge on any atom is 0.283 e. The zero-order valence-corrected chi connectivity index (χ0v) is 7.64. The van der Waals surface area contributed by atoms with Crippen molar-refractivity contribution in [3.05, 3.63) is 34.9 Å². The Kier molecular flexibility index (Phi) is 5.36. The fourth-order valence-corrected chi connectivity index (χ4v) is 0.857. The number of benzene rings is 1. The topological polar surface area (TPSA) is 67.8 Å². The van der Waals surface area contributed by atoms with E-state index in [0.717, 1.165) is 6.26 Å². The van der Waals surface area contributed by atoms with Crippen LogP contribution in [0.2, 0.25) is 0 Å².